The van der Waals surface area contributed by atoms with Gasteiger partial charge in [-0.3, -0.25) is 0 Å². The van der Waals surface area contributed by atoms with Crippen molar-refractivity contribution in [2.75, 3.05) is 13.1 Å². The summed E-state index contributed by atoms with van der Waals surface area (Å²) in [5.41, 5.74) is -1.27. The molecule has 0 aliphatic carbocycles. The van der Waals surface area contributed by atoms with E-state index in [0.29, 0.717) is 24.9 Å². The Morgan fingerprint density at radius 2 is 1.52 bits per heavy atom. The van der Waals surface area contributed by atoms with Crippen LogP contribution in [0.2, 0.25) is 0 Å². The molecule has 1 aliphatic heterocycles. The molecule has 0 amide bonds. The largest absolute Gasteiger partial charge is 0.357 e. The minimum atomic E-state index is -1.69. The van der Waals surface area contributed by atoms with Crippen LogP contribution in [0.3, 0.4) is 0 Å². The Bertz CT molecular complexity index is 593. The zero-order chi connectivity index (χ0) is 15.6. The maximum atomic E-state index is 13.8. The van der Waals surface area contributed by atoms with E-state index in [4.69, 9.17) is 17.5 Å². The fourth-order valence-electron chi connectivity index (χ4n) is 2.03. The Balaban J connectivity index is 2.32. The standard InChI is InChI=1S/C13H10F4N2S2/c14-8-7(6-18)9(15)11(17)12(10(8)16)21-13(20)19-4-2-1-3-5-19/h1-5H2. The molecule has 0 saturated carbocycles. The van der Waals surface area contributed by atoms with Gasteiger partial charge in [0, 0.05) is 13.1 Å². The van der Waals surface area contributed by atoms with Gasteiger partial charge in [0.15, 0.2) is 23.3 Å². The van der Waals surface area contributed by atoms with Crippen LogP contribution >= 0.6 is 24.0 Å². The lowest BCUT2D eigenvalue weighted by atomic mass is 10.1. The molecule has 0 spiro atoms. The number of halogens is 4. The summed E-state index contributed by atoms with van der Waals surface area (Å²) >= 11 is 5.54. The molecule has 0 N–H and O–H groups in total. The fraction of sp³-hybridized carbons (Fsp3) is 0.385. The van der Waals surface area contributed by atoms with Crippen molar-refractivity contribution in [3.05, 3.63) is 28.8 Å². The zero-order valence-electron chi connectivity index (χ0n) is 10.8. The summed E-state index contributed by atoms with van der Waals surface area (Å²) in [7, 11) is 0. The van der Waals surface area contributed by atoms with Gasteiger partial charge in [-0.05, 0) is 19.3 Å². The van der Waals surface area contributed by atoms with Crippen molar-refractivity contribution in [1.82, 2.24) is 4.90 Å². The summed E-state index contributed by atoms with van der Waals surface area (Å²) < 4.78 is 54.8. The van der Waals surface area contributed by atoms with Gasteiger partial charge in [0.25, 0.3) is 0 Å². The summed E-state index contributed by atoms with van der Waals surface area (Å²) in [6.07, 6.45) is 2.86. The molecular formula is C13H10F4N2S2. The summed E-state index contributed by atoms with van der Waals surface area (Å²) in [4.78, 5) is 0.899. The van der Waals surface area contributed by atoms with E-state index >= 15 is 0 Å². The Morgan fingerprint density at radius 3 is 2.00 bits per heavy atom. The topological polar surface area (TPSA) is 27.0 Å². The van der Waals surface area contributed by atoms with Crippen LogP contribution in [0.5, 0.6) is 0 Å². The van der Waals surface area contributed by atoms with Crippen molar-refractivity contribution in [1.29, 1.82) is 5.26 Å². The van der Waals surface area contributed by atoms with Crippen molar-refractivity contribution >= 4 is 28.3 Å². The minimum Gasteiger partial charge on any atom is -0.357 e. The molecule has 21 heavy (non-hydrogen) atoms. The molecule has 0 atom stereocenters. The molecule has 1 aromatic rings. The molecule has 2 nitrogen and oxygen atoms in total. The Labute approximate surface area is 128 Å². The second-order valence-electron chi connectivity index (χ2n) is 4.49. The van der Waals surface area contributed by atoms with E-state index in [9.17, 15) is 17.6 Å². The maximum absolute atomic E-state index is 13.8. The molecule has 0 radical (unpaired) electrons. The van der Waals surface area contributed by atoms with Gasteiger partial charge in [0.05, 0.1) is 4.90 Å². The molecule has 112 valence electrons. The number of hydrogen-bond acceptors (Lipinski definition) is 3. The molecule has 1 aromatic carbocycles. The van der Waals surface area contributed by atoms with Crippen LogP contribution < -0.4 is 0 Å². The van der Waals surface area contributed by atoms with Gasteiger partial charge < -0.3 is 4.90 Å². The first-order chi connectivity index (χ1) is 9.97. The Hall–Kier alpha value is -1.33. The van der Waals surface area contributed by atoms with Gasteiger partial charge in [-0.15, -0.1) is 0 Å². The second-order valence-corrected chi connectivity index (χ2v) is 6.13. The van der Waals surface area contributed by atoms with E-state index in [-0.39, 0.29) is 4.32 Å². The minimum absolute atomic E-state index is 0.163. The number of nitrogens with zero attached hydrogens (tertiary/aromatic N) is 2. The van der Waals surface area contributed by atoms with Gasteiger partial charge in [-0.1, -0.05) is 24.0 Å². The van der Waals surface area contributed by atoms with E-state index in [2.05, 4.69) is 0 Å². The van der Waals surface area contributed by atoms with Crippen LogP contribution in [-0.2, 0) is 0 Å². The number of thioether (sulfide) groups is 1. The van der Waals surface area contributed by atoms with Gasteiger partial charge >= 0.3 is 0 Å². The lowest BCUT2D eigenvalue weighted by Gasteiger charge is -2.28. The van der Waals surface area contributed by atoms with Crippen LogP contribution in [0.25, 0.3) is 0 Å². The third kappa shape index (κ3) is 3.14. The highest BCUT2D eigenvalue weighted by Gasteiger charge is 2.27. The molecule has 2 rings (SSSR count). The van der Waals surface area contributed by atoms with Gasteiger partial charge in [0.1, 0.15) is 16.0 Å². The predicted molar refractivity (Wildman–Crippen MR) is 74.9 cm³/mol. The van der Waals surface area contributed by atoms with Crippen LogP contribution in [0.4, 0.5) is 17.6 Å². The molecule has 1 aliphatic rings. The van der Waals surface area contributed by atoms with Crippen molar-refractivity contribution in [3.63, 3.8) is 0 Å². The molecule has 0 unspecified atom stereocenters. The van der Waals surface area contributed by atoms with E-state index < -0.39 is 33.7 Å². The van der Waals surface area contributed by atoms with Gasteiger partial charge in [-0.25, -0.2) is 17.6 Å². The molecule has 0 bridgehead atoms. The first-order valence-corrected chi connectivity index (χ1v) is 7.42. The average molecular weight is 334 g/mol. The number of hydrogen-bond donors (Lipinski definition) is 0. The Kier molecular flexibility index (Phi) is 5.06. The monoisotopic (exact) mass is 334 g/mol. The van der Waals surface area contributed by atoms with E-state index in [1.165, 1.54) is 0 Å². The van der Waals surface area contributed by atoms with Crippen molar-refractivity contribution < 1.29 is 17.6 Å². The number of nitriles is 1. The molecular weight excluding hydrogens is 324 g/mol. The van der Waals surface area contributed by atoms with E-state index in [1.807, 2.05) is 0 Å². The molecule has 8 heteroatoms. The molecule has 1 saturated heterocycles. The van der Waals surface area contributed by atoms with E-state index in [1.54, 1.807) is 4.90 Å². The highest BCUT2D eigenvalue weighted by molar-refractivity contribution is 8.22. The summed E-state index contributed by atoms with van der Waals surface area (Å²) in [5.74, 6) is -6.56. The first-order valence-electron chi connectivity index (χ1n) is 6.20. The zero-order valence-corrected chi connectivity index (χ0v) is 12.4. The molecule has 0 aromatic heterocycles. The maximum Gasteiger partial charge on any atom is 0.180 e. The normalized spacial score (nSPS) is 14.9. The van der Waals surface area contributed by atoms with Crippen LogP contribution in [0, 0.1) is 34.6 Å². The highest BCUT2D eigenvalue weighted by atomic mass is 32.2. The van der Waals surface area contributed by atoms with Gasteiger partial charge in [-0.2, -0.15) is 5.26 Å². The van der Waals surface area contributed by atoms with Crippen molar-refractivity contribution in [3.8, 4) is 6.07 Å². The lowest BCUT2D eigenvalue weighted by molar-refractivity contribution is 0.352. The quantitative estimate of drug-likeness (QED) is 0.336. The van der Waals surface area contributed by atoms with Crippen LogP contribution in [-0.4, -0.2) is 22.3 Å². The Morgan fingerprint density at radius 1 is 1.00 bits per heavy atom. The third-order valence-corrected chi connectivity index (χ3v) is 4.64. The second kappa shape index (κ2) is 6.62. The molecule has 1 fully saturated rings. The van der Waals surface area contributed by atoms with Crippen LogP contribution in [0.15, 0.2) is 4.90 Å². The average Bonchev–Trinajstić information content (AvgIpc) is 2.51. The van der Waals surface area contributed by atoms with Crippen molar-refractivity contribution in [2.24, 2.45) is 0 Å². The smallest absolute Gasteiger partial charge is 0.180 e. The lowest BCUT2D eigenvalue weighted by Crippen LogP contribution is -2.32. The van der Waals surface area contributed by atoms with Gasteiger partial charge in [0.2, 0.25) is 0 Å². The van der Waals surface area contributed by atoms with E-state index in [0.717, 1.165) is 25.3 Å². The van der Waals surface area contributed by atoms with Crippen molar-refractivity contribution in [2.45, 2.75) is 24.2 Å². The predicted octanol–water partition coefficient (Wildman–Crippen LogP) is 3.98. The number of thiocarbonyl (C=S) groups is 1. The summed E-state index contributed by atoms with van der Waals surface area (Å²) in [6, 6.07) is 1.11. The SMILES string of the molecule is N#Cc1c(F)c(F)c(SC(=S)N2CCCCC2)c(F)c1F. The third-order valence-electron chi connectivity index (χ3n) is 3.14. The summed E-state index contributed by atoms with van der Waals surface area (Å²) in [6.45, 7) is 1.30. The summed E-state index contributed by atoms with van der Waals surface area (Å²) in [5, 5.41) is 8.52. The first kappa shape index (κ1) is 16.0. The fourth-order valence-corrected chi connectivity index (χ4v) is 3.30. The van der Waals surface area contributed by atoms with Crippen LogP contribution in [0.1, 0.15) is 24.8 Å². The molecule has 1 heterocycles. The highest BCUT2D eigenvalue weighted by Crippen LogP contribution is 2.33. The number of piperidine rings is 1. The number of rotatable bonds is 1. The number of likely N-dealkylation sites (tertiary alicyclic amines) is 1. The number of benzene rings is 1.